The van der Waals surface area contributed by atoms with Gasteiger partial charge in [-0.25, -0.2) is 13.1 Å². The van der Waals surface area contributed by atoms with Crippen molar-refractivity contribution in [3.8, 4) is 6.07 Å². The lowest BCUT2D eigenvalue weighted by molar-refractivity contribution is 0.302. The van der Waals surface area contributed by atoms with Crippen molar-refractivity contribution < 1.29 is 8.42 Å². The second-order valence-electron chi connectivity index (χ2n) is 4.88. The van der Waals surface area contributed by atoms with E-state index in [1.165, 1.54) is 19.3 Å². The number of nitrogens with zero attached hydrogens (tertiary/aromatic N) is 1. The minimum Gasteiger partial charge on any atom is -0.211 e. The Labute approximate surface area is 104 Å². The van der Waals surface area contributed by atoms with Crippen LogP contribution in [-0.2, 0) is 10.0 Å². The summed E-state index contributed by atoms with van der Waals surface area (Å²) in [5.74, 6) is 0.426. The van der Waals surface area contributed by atoms with E-state index in [1.54, 1.807) is 6.92 Å². The zero-order chi connectivity index (χ0) is 12.9. The summed E-state index contributed by atoms with van der Waals surface area (Å²) in [6.07, 6.45) is 6.15. The van der Waals surface area contributed by atoms with Crippen LogP contribution in [0.3, 0.4) is 0 Å². The zero-order valence-corrected chi connectivity index (χ0v) is 11.5. The number of hydrogen-bond donors (Lipinski definition) is 1. The highest BCUT2D eigenvalue weighted by Gasteiger charge is 2.28. The van der Waals surface area contributed by atoms with Gasteiger partial charge in [-0.2, -0.15) is 5.26 Å². The Bertz CT molecular complexity index is 366. The SMILES string of the molecule is CCC(C#N)S(=O)(=O)NC(C)C1CCCCC1. The van der Waals surface area contributed by atoms with Gasteiger partial charge in [0.15, 0.2) is 5.25 Å². The van der Waals surface area contributed by atoms with Crippen molar-refractivity contribution in [3.05, 3.63) is 0 Å². The van der Waals surface area contributed by atoms with Gasteiger partial charge in [-0.1, -0.05) is 26.2 Å². The molecule has 2 atom stereocenters. The van der Waals surface area contributed by atoms with Gasteiger partial charge in [0.05, 0.1) is 6.07 Å². The standard InChI is InChI=1S/C12H22N2O2S/c1-3-12(9-13)17(15,16)14-10(2)11-7-5-4-6-8-11/h10-12,14H,3-8H2,1-2H3. The van der Waals surface area contributed by atoms with Crippen LogP contribution < -0.4 is 4.72 Å². The van der Waals surface area contributed by atoms with E-state index in [-0.39, 0.29) is 6.04 Å². The van der Waals surface area contributed by atoms with Crippen molar-refractivity contribution in [1.29, 1.82) is 5.26 Å². The molecule has 0 aromatic heterocycles. The van der Waals surface area contributed by atoms with Gasteiger partial charge in [0.2, 0.25) is 10.0 Å². The van der Waals surface area contributed by atoms with E-state index in [4.69, 9.17) is 5.26 Å². The summed E-state index contributed by atoms with van der Waals surface area (Å²) in [5, 5.41) is 7.89. The average molecular weight is 258 g/mol. The first kappa shape index (κ1) is 14.5. The molecular formula is C12H22N2O2S. The molecule has 1 aliphatic rings. The summed E-state index contributed by atoms with van der Waals surface area (Å²) in [6, 6.07) is 1.80. The molecule has 98 valence electrons. The van der Waals surface area contributed by atoms with E-state index in [9.17, 15) is 8.42 Å². The molecule has 1 aliphatic carbocycles. The highest BCUT2D eigenvalue weighted by molar-refractivity contribution is 7.90. The van der Waals surface area contributed by atoms with Crippen LogP contribution in [0.15, 0.2) is 0 Å². The van der Waals surface area contributed by atoms with Gasteiger partial charge < -0.3 is 0 Å². The molecule has 17 heavy (non-hydrogen) atoms. The van der Waals surface area contributed by atoms with Crippen molar-refractivity contribution in [3.63, 3.8) is 0 Å². The molecule has 5 heteroatoms. The zero-order valence-electron chi connectivity index (χ0n) is 10.6. The van der Waals surface area contributed by atoms with Gasteiger partial charge in [-0.3, -0.25) is 0 Å². The molecule has 0 saturated heterocycles. The van der Waals surface area contributed by atoms with Crippen molar-refractivity contribution >= 4 is 10.0 Å². The molecule has 1 rings (SSSR count). The van der Waals surface area contributed by atoms with E-state index < -0.39 is 15.3 Å². The summed E-state index contributed by atoms with van der Waals surface area (Å²) < 4.78 is 26.5. The molecule has 1 saturated carbocycles. The lowest BCUT2D eigenvalue weighted by Gasteiger charge is -2.28. The van der Waals surface area contributed by atoms with E-state index >= 15 is 0 Å². The maximum atomic E-state index is 11.9. The summed E-state index contributed by atoms with van der Waals surface area (Å²) in [4.78, 5) is 0. The highest BCUT2D eigenvalue weighted by Crippen LogP contribution is 2.26. The Kier molecular flexibility index (Phi) is 5.41. The molecule has 0 spiro atoms. The van der Waals surface area contributed by atoms with Crippen LogP contribution in [0.2, 0.25) is 0 Å². The van der Waals surface area contributed by atoms with Crippen LogP contribution in [0.5, 0.6) is 0 Å². The maximum absolute atomic E-state index is 11.9. The fourth-order valence-corrected chi connectivity index (χ4v) is 3.90. The van der Waals surface area contributed by atoms with Crippen LogP contribution in [0.25, 0.3) is 0 Å². The Morgan fingerprint density at radius 3 is 2.41 bits per heavy atom. The van der Waals surface area contributed by atoms with Gasteiger partial charge in [0, 0.05) is 6.04 Å². The largest absolute Gasteiger partial charge is 0.228 e. The second-order valence-corrected chi connectivity index (χ2v) is 6.77. The van der Waals surface area contributed by atoms with E-state index in [2.05, 4.69) is 4.72 Å². The first-order chi connectivity index (χ1) is 8.01. The third kappa shape index (κ3) is 3.97. The number of hydrogen-bond acceptors (Lipinski definition) is 3. The van der Waals surface area contributed by atoms with Crippen LogP contribution in [0.4, 0.5) is 0 Å². The number of rotatable bonds is 5. The molecule has 0 aromatic rings. The highest BCUT2D eigenvalue weighted by atomic mass is 32.2. The van der Waals surface area contributed by atoms with E-state index in [0.29, 0.717) is 12.3 Å². The van der Waals surface area contributed by atoms with Crippen LogP contribution in [0, 0.1) is 17.2 Å². The van der Waals surface area contributed by atoms with Crippen LogP contribution >= 0.6 is 0 Å². The summed E-state index contributed by atoms with van der Waals surface area (Å²) >= 11 is 0. The molecule has 0 aromatic carbocycles. The predicted molar refractivity (Wildman–Crippen MR) is 67.8 cm³/mol. The second kappa shape index (κ2) is 6.36. The summed E-state index contributed by atoms with van der Waals surface area (Å²) in [5.41, 5.74) is 0. The first-order valence-corrected chi connectivity index (χ1v) is 7.96. The molecule has 0 heterocycles. The van der Waals surface area contributed by atoms with E-state index in [1.807, 2.05) is 13.0 Å². The molecule has 0 aliphatic heterocycles. The first-order valence-electron chi connectivity index (χ1n) is 6.42. The predicted octanol–water partition coefficient (Wildman–Crippen LogP) is 2.18. The molecule has 1 fully saturated rings. The molecule has 1 N–H and O–H groups in total. The van der Waals surface area contributed by atoms with Gasteiger partial charge in [0.1, 0.15) is 0 Å². The Hall–Kier alpha value is -0.600. The molecule has 2 unspecified atom stereocenters. The topological polar surface area (TPSA) is 70.0 Å². The fourth-order valence-electron chi connectivity index (χ4n) is 2.45. The third-order valence-electron chi connectivity index (χ3n) is 3.60. The van der Waals surface area contributed by atoms with Crippen molar-refractivity contribution in [2.75, 3.05) is 0 Å². The summed E-state index contributed by atoms with van der Waals surface area (Å²) in [7, 11) is -3.48. The number of sulfonamides is 1. The van der Waals surface area contributed by atoms with Gasteiger partial charge in [-0.05, 0) is 32.1 Å². The van der Waals surface area contributed by atoms with Crippen LogP contribution in [0.1, 0.15) is 52.4 Å². The van der Waals surface area contributed by atoms with Gasteiger partial charge in [-0.15, -0.1) is 0 Å². The maximum Gasteiger partial charge on any atom is 0.228 e. The molecule has 0 amide bonds. The Morgan fingerprint density at radius 1 is 1.35 bits per heavy atom. The Morgan fingerprint density at radius 2 is 1.94 bits per heavy atom. The quantitative estimate of drug-likeness (QED) is 0.821. The molecule has 4 nitrogen and oxygen atoms in total. The molecule has 0 radical (unpaired) electrons. The molecule has 0 bridgehead atoms. The lowest BCUT2D eigenvalue weighted by atomic mass is 9.85. The molecular weight excluding hydrogens is 236 g/mol. The number of nitrogens with one attached hydrogen (secondary N) is 1. The minimum atomic E-state index is -3.48. The fraction of sp³-hybridized carbons (Fsp3) is 0.917. The van der Waals surface area contributed by atoms with Crippen molar-refractivity contribution in [2.45, 2.75) is 63.7 Å². The summed E-state index contributed by atoms with van der Waals surface area (Å²) in [6.45, 7) is 3.63. The lowest BCUT2D eigenvalue weighted by Crippen LogP contribution is -2.43. The smallest absolute Gasteiger partial charge is 0.211 e. The van der Waals surface area contributed by atoms with Crippen LogP contribution in [-0.4, -0.2) is 19.7 Å². The third-order valence-corrected chi connectivity index (χ3v) is 5.48. The average Bonchev–Trinajstić information content (AvgIpc) is 2.30. The monoisotopic (exact) mass is 258 g/mol. The minimum absolute atomic E-state index is 0.0531. The van der Waals surface area contributed by atoms with Gasteiger partial charge in [0.25, 0.3) is 0 Å². The normalized spacial score (nSPS) is 21.7. The van der Waals surface area contributed by atoms with Crippen molar-refractivity contribution in [1.82, 2.24) is 4.72 Å². The Balaban J connectivity index is 2.60. The van der Waals surface area contributed by atoms with E-state index in [0.717, 1.165) is 12.8 Å². The van der Waals surface area contributed by atoms with Gasteiger partial charge >= 0.3 is 0 Å². The van der Waals surface area contributed by atoms with Crippen molar-refractivity contribution in [2.24, 2.45) is 5.92 Å². The number of nitriles is 1.